The quantitative estimate of drug-likeness (QED) is 0.877. The molecular formula is C10H12N4OS. The summed E-state index contributed by atoms with van der Waals surface area (Å²) < 4.78 is 0. The smallest absolute Gasteiger partial charge is 0.254 e. The maximum absolute atomic E-state index is 11.9. The molecule has 6 heteroatoms. The molecule has 2 aromatic rings. The van der Waals surface area contributed by atoms with Crippen molar-refractivity contribution in [1.82, 2.24) is 20.1 Å². The summed E-state index contributed by atoms with van der Waals surface area (Å²) in [7, 11) is 1.74. The third-order valence-corrected chi connectivity index (χ3v) is 2.82. The van der Waals surface area contributed by atoms with E-state index >= 15 is 0 Å². The number of thiophene rings is 1. The lowest BCUT2D eigenvalue weighted by molar-refractivity contribution is 0.0782. The topological polar surface area (TPSA) is 61.9 Å². The average Bonchev–Trinajstić information content (AvgIpc) is 2.88. The summed E-state index contributed by atoms with van der Waals surface area (Å²) >= 11 is 1.51. The van der Waals surface area contributed by atoms with Gasteiger partial charge in [0, 0.05) is 12.4 Å². The van der Waals surface area contributed by atoms with Gasteiger partial charge in [-0.15, -0.1) is 0 Å². The van der Waals surface area contributed by atoms with Crippen molar-refractivity contribution in [2.24, 2.45) is 0 Å². The summed E-state index contributed by atoms with van der Waals surface area (Å²) in [5.41, 5.74) is 0.708. The zero-order chi connectivity index (χ0) is 11.5. The third-order valence-electron chi connectivity index (χ3n) is 2.14. The number of aromatic nitrogens is 3. The first-order valence-corrected chi connectivity index (χ1v) is 5.76. The molecule has 0 atom stereocenters. The largest absolute Gasteiger partial charge is 0.334 e. The van der Waals surface area contributed by atoms with Crippen LogP contribution in [0.25, 0.3) is 0 Å². The molecule has 1 N–H and O–H groups in total. The minimum Gasteiger partial charge on any atom is -0.334 e. The van der Waals surface area contributed by atoms with Gasteiger partial charge in [0.1, 0.15) is 5.82 Å². The Morgan fingerprint density at radius 1 is 1.62 bits per heavy atom. The molecule has 2 aromatic heterocycles. The number of amides is 1. The first kappa shape index (κ1) is 10.8. The van der Waals surface area contributed by atoms with Crippen molar-refractivity contribution in [1.29, 1.82) is 0 Å². The van der Waals surface area contributed by atoms with Crippen molar-refractivity contribution in [3.63, 3.8) is 0 Å². The Morgan fingerprint density at radius 2 is 2.44 bits per heavy atom. The number of hydrogen-bond acceptors (Lipinski definition) is 4. The summed E-state index contributed by atoms with van der Waals surface area (Å²) in [5.74, 6) is 1.37. The van der Waals surface area contributed by atoms with E-state index in [-0.39, 0.29) is 5.91 Å². The van der Waals surface area contributed by atoms with Gasteiger partial charge in [-0.1, -0.05) is 0 Å². The van der Waals surface area contributed by atoms with E-state index in [1.54, 1.807) is 11.9 Å². The van der Waals surface area contributed by atoms with Gasteiger partial charge in [0.2, 0.25) is 0 Å². The number of rotatable bonds is 3. The molecule has 0 aliphatic heterocycles. The van der Waals surface area contributed by atoms with Gasteiger partial charge in [-0.25, -0.2) is 4.98 Å². The molecule has 0 unspecified atom stereocenters. The van der Waals surface area contributed by atoms with Gasteiger partial charge in [-0.05, 0) is 18.4 Å². The van der Waals surface area contributed by atoms with Gasteiger partial charge in [0.05, 0.1) is 12.1 Å². The van der Waals surface area contributed by atoms with Crippen LogP contribution in [-0.4, -0.2) is 33.0 Å². The maximum Gasteiger partial charge on any atom is 0.254 e. The molecule has 0 saturated carbocycles. The van der Waals surface area contributed by atoms with Crippen molar-refractivity contribution < 1.29 is 4.79 Å². The van der Waals surface area contributed by atoms with Crippen LogP contribution in [-0.2, 0) is 6.54 Å². The van der Waals surface area contributed by atoms with Crippen LogP contribution in [0.15, 0.2) is 16.8 Å². The molecule has 0 saturated heterocycles. The highest BCUT2D eigenvalue weighted by molar-refractivity contribution is 7.08. The summed E-state index contributed by atoms with van der Waals surface area (Å²) in [6, 6.07) is 1.81. The van der Waals surface area contributed by atoms with Crippen LogP contribution in [0.4, 0.5) is 0 Å². The van der Waals surface area contributed by atoms with Crippen LogP contribution in [0.1, 0.15) is 22.0 Å². The summed E-state index contributed by atoms with van der Waals surface area (Å²) in [4.78, 5) is 17.6. The number of nitrogens with one attached hydrogen (secondary N) is 1. The first-order valence-electron chi connectivity index (χ1n) is 4.82. The molecule has 0 bridgehead atoms. The molecule has 2 rings (SSSR count). The molecule has 0 aliphatic rings. The molecule has 5 nitrogen and oxygen atoms in total. The number of hydrogen-bond donors (Lipinski definition) is 1. The second-order valence-electron chi connectivity index (χ2n) is 3.51. The SMILES string of the molecule is Cc1nc(CN(C)C(=O)c2ccsc2)n[nH]1. The highest BCUT2D eigenvalue weighted by Gasteiger charge is 2.13. The molecule has 0 fully saturated rings. The van der Waals surface area contributed by atoms with Gasteiger partial charge >= 0.3 is 0 Å². The summed E-state index contributed by atoms with van der Waals surface area (Å²) in [6.45, 7) is 2.25. The monoisotopic (exact) mass is 236 g/mol. The Kier molecular flexibility index (Phi) is 3.00. The number of aromatic amines is 1. The highest BCUT2D eigenvalue weighted by atomic mass is 32.1. The van der Waals surface area contributed by atoms with Crippen LogP contribution in [0.2, 0.25) is 0 Å². The van der Waals surface area contributed by atoms with E-state index in [0.717, 1.165) is 5.82 Å². The molecule has 0 aromatic carbocycles. The van der Waals surface area contributed by atoms with Crippen LogP contribution >= 0.6 is 11.3 Å². The van der Waals surface area contributed by atoms with Crippen molar-refractivity contribution >= 4 is 17.2 Å². The van der Waals surface area contributed by atoms with Crippen LogP contribution in [0.3, 0.4) is 0 Å². The fourth-order valence-electron chi connectivity index (χ4n) is 1.35. The summed E-state index contributed by atoms with van der Waals surface area (Å²) in [5, 5.41) is 10.5. The second-order valence-corrected chi connectivity index (χ2v) is 4.29. The van der Waals surface area contributed by atoms with E-state index in [2.05, 4.69) is 15.2 Å². The van der Waals surface area contributed by atoms with Crippen molar-refractivity contribution in [3.8, 4) is 0 Å². The molecule has 0 radical (unpaired) electrons. The lowest BCUT2D eigenvalue weighted by Gasteiger charge is -2.13. The number of carbonyl (C=O) groups is 1. The van der Waals surface area contributed by atoms with Crippen LogP contribution in [0, 0.1) is 6.92 Å². The average molecular weight is 236 g/mol. The Morgan fingerprint density at radius 3 is 3.00 bits per heavy atom. The number of nitrogens with zero attached hydrogens (tertiary/aromatic N) is 3. The first-order chi connectivity index (χ1) is 7.66. The van der Waals surface area contributed by atoms with Gasteiger partial charge < -0.3 is 4.90 Å². The Hall–Kier alpha value is -1.69. The van der Waals surface area contributed by atoms with Gasteiger partial charge in [0.15, 0.2) is 5.82 Å². The fourth-order valence-corrected chi connectivity index (χ4v) is 1.98. The second kappa shape index (κ2) is 4.44. The number of aryl methyl sites for hydroxylation is 1. The van der Waals surface area contributed by atoms with Gasteiger partial charge in [-0.3, -0.25) is 9.89 Å². The van der Waals surface area contributed by atoms with E-state index in [1.165, 1.54) is 11.3 Å². The predicted molar refractivity (Wildman–Crippen MR) is 61.2 cm³/mol. The van der Waals surface area contributed by atoms with Gasteiger partial charge in [-0.2, -0.15) is 16.4 Å². The zero-order valence-electron chi connectivity index (χ0n) is 9.10. The standard InChI is InChI=1S/C10H12N4OS/c1-7-11-9(13-12-7)5-14(2)10(15)8-3-4-16-6-8/h3-4,6H,5H2,1-2H3,(H,11,12,13). The number of H-pyrrole nitrogens is 1. The Balaban J connectivity index is 2.03. The normalized spacial score (nSPS) is 10.4. The van der Waals surface area contributed by atoms with Crippen molar-refractivity contribution in [3.05, 3.63) is 34.0 Å². The maximum atomic E-state index is 11.9. The van der Waals surface area contributed by atoms with Crippen molar-refractivity contribution in [2.75, 3.05) is 7.05 Å². The molecule has 1 amide bonds. The molecule has 84 valence electrons. The molecule has 0 aliphatic carbocycles. The van der Waals surface area contributed by atoms with E-state index in [4.69, 9.17) is 0 Å². The zero-order valence-corrected chi connectivity index (χ0v) is 9.91. The van der Waals surface area contributed by atoms with E-state index in [0.29, 0.717) is 17.9 Å². The van der Waals surface area contributed by atoms with Crippen LogP contribution < -0.4 is 0 Å². The molecule has 2 heterocycles. The minimum atomic E-state index is -0.0105. The van der Waals surface area contributed by atoms with Crippen LogP contribution in [0.5, 0.6) is 0 Å². The van der Waals surface area contributed by atoms with E-state index in [1.807, 2.05) is 23.8 Å². The Labute approximate surface area is 97.1 Å². The van der Waals surface area contributed by atoms with E-state index in [9.17, 15) is 4.79 Å². The lowest BCUT2D eigenvalue weighted by atomic mass is 10.3. The molecule has 0 spiro atoms. The highest BCUT2D eigenvalue weighted by Crippen LogP contribution is 2.09. The third kappa shape index (κ3) is 2.27. The lowest BCUT2D eigenvalue weighted by Crippen LogP contribution is -2.26. The number of carbonyl (C=O) groups excluding carboxylic acids is 1. The Bertz CT molecular complexity index is 477. The molecular weight excluding hydrogens is 224 g/mol. The predicted octanol–water partition coefficient (Wildman–Crippen LogP) is 1.45. The van der Waals surface area contributed by atoms with Gasteiger partial charge in [0.25, 0.3) is 5.91 Å². The van der Waals surface area contributed by atoms with E-state index < -0.39 is 0 Å². The van der Waals surface area contributed by atoms with Crippen molar-refractivity contribution in [2.45, 2.75) is 13.5 Å². The fraction of sp³-hybridized carbons (Fsp3) is 0.300. The minimum absolute atomic E-state index is 0.0105. The summed E-state index contributed by atoms with van der Waals surface area (Å²) in [6.07, 6.45) is 0. The molecule has 16 heavy (non-hydrogen) atoms.